The molecule has 0 unspecified atom stereocenters. The van der Waals surface area contributed by atoms with E-state index in [0.29, 0.717) is 17.0 Å². The van der Waals surface area contributed by atoms with E-state index in [1.165, 1.54) is 6.92 Å². The van der Waals surface area contributed by atoms with Crippen molar-refractivity contribution in [2.24, 2.45) is 0 Å². The molecular weight excluding hydrogens is 207 g/mol. The first-order valence-electron chi connectivity index (χ1n) is 4.86. The third-order valence-electron chi connectivity index (χ3n) is 1.93. The molecule has 0 aliphatic heterocycles. The highest BCUT2D eigenvalue weighted by Gasteiger charge is 2.30. The normalized spacial score (nSPS) is 12.7. The van der Waals surface area contributed by atoms with Gasteiger partial charge in [-0.15, -0.1) is 0 Å². The number of unbranched alkanes of at least 4 members (excludes halogenated alkanes) is 2. The molecule has 1 amide bonds. The molecule has 0 N–H and O–H groups in total. The summed E-state index contributed by atoms with van der Waals surface area (Å²) in [5, 5.41) is 0. The summed E-state index contributed by atoms with van der Waals surface area (Å²) in [5.41, 5.74) is 0.357. The standard InChI is InChI=1S/C10H16F3NO/c1-3-4-5-6-9(2)14(8-15)7-10(11,12)13/h6,8H,3-5,7H2,1-2H3/b9-6-. The van der Waals surface area contributed by atoms with Gasteiger partial charge in [-0.3, -0.25) is 4.79 Å². The van der Waals surface area contributed by atoms with Gasteiger partial charge in [0.25, 0.3) is 0 Å². The van der Waals surface area contributed by atoms with Crippen molar-refractivity contribution >= 4 is 6.41 Å². The second kappa shape index (κ2) is 6.48. The van der Waals surface area contributed by atoms with E-state index >= 15 is 0 Å². The van der Waals surface area contributed by atoms with E-state index in [1.807, 2.05) is 6.92 Å². The Morgan fingerprint density at radius 2 is 2.00 bits per heavy atom. The first-order chi connectivity index (χ1) is 6.90. The topological polar surface area (TPSA) is 20.3 Å². The third kappa shape index (κ3) is 6.99. The predicted molar refractivity (Wildman–Crippen MR) is 52.1 cm³/mol. The fourth-order valence-electron chi connectivity index (χ4n) is 1.07. The van der Waals surface area contributed by atoms with Crippen molar-refractivity contribution in [1.29, 1.82) is 0 Å². The van der Waals surface area contributed by atoms with Gasteiger partial charge in [0.15, 0.2) is 0 Å². The highest BCUT2D eigenvalue weighted by atomic mass is 19.4. The van der Waals surface area contributed by atoms with Crippen LogP contribution in [0.25, 0.3) is 0 Å². The molecule has 0 fully saturated rings. The zero-order valence-corrected chi connectivity index (χ0v) is 8.97. The van der Waals surface area contributed by atoms with Crippen LogP contribution >= 0.6 is 0 Å². The second-order valence-electron chi connectivity index (χ2n) is 3.34. The minimum Gasteiger partial charge on any atom is -0.310 e. The maximum absolute atomic E-state index is 12.0. The molecule has 0 heterocycles. The minimum atomic E-state index is -4.35. The smallest absolute Gasteiger partial charge is 0.310 e. The Bertz CT molecular complexity index is 223. The van der Waals surface area contributed by atoms with Crippen LogP contribution < -0.4 is 0 Å². The van der Waals surface area contributed by atoms with Crippen molar-refractivity contribution in [3.63, 3.8) is 0 Å². The van der Waals surface area contributed by atoms with Crippen LogP contribution in [0.4, 0.5) is 13.2 Å². The number of rotatable bonds is 6. The van der Waals surface area contributed by atoms with Crippen LogP contribution in [0, 0.1) is 0 Å². The summed E-state index contributed by atoms with van der Waals surface area (Å²) in [6.45, 7) is 2.29. The first-order valence-corrected chi connectivity index (χ1v) is 4.86. The Morgan fingerprint density at radius 1 is 1.40 bits per heavy atom. The lowest BCUT2D eigenvalue weighted by atomic mass is 10.2. The number of allylic oxidation sites excluding steroid dienone is 2. The van der Waals surface area contributed by atoms with Crippen molar-refractivity contribution in [2.75, 3.05) is 6.54 Å². The van der Waals surface area contributed by atoms with Gasteiger partial charge < -0.3 is 4.90 Å². The molecule has 0 rings (SSSR count). The van der Waals surface area contributed by atoms with Crippen molar-refractivity contribution < 1.29 is 18.0 Å². The Kier molecular flexibility index (Phi) is 6.05. The Hall–Kier alpha value is -1.00. The highest BCUT2D eigenvalue weighted by Crippen LogP contribution is 2.18. The summed E-state index contributed by atoms with van der Waals surface area (Å²) < 4.78 is 36.0. The molecular formula is C10H16F3NO. The van der Waals surface area contributed by atoms with Gasteiger partial charge in [0.1, 0.15) is 6.54 Å². The lowest BCUT2D eigenvalue weighted by Gasteiger charge is -2.19. The van der Waals surface area contributed by atoms with Crippen molar-refractivity contribution in [3.05, 3.63) is 11.8 Å². The third-order valence-corrected chi connectivity index (χ3v) is 1.93. The van der Waals surface area contributed by atoms with E-state index < -0.39 is 12.7 Å². The summed E-state index contributed by atoms with van der Waals surface area (Å²) in [4.78, 5) is 11.1. The van der Waals surface area contributed by atoms with E-state index in [2.05, 4.69) is 0 Å². The van der Waals surface area contributed by atoms with Gasteiger partial charge in [-0.2, -0.15) is 13.2 Å². The predicted octanol–water partition coefficient (Wildman–Crippen LogP) is 3.10. The van der Waals surface area contributed by atoms with Gasteiger partial charge in [-0.1, -0.05) is 25.8 Å². The zero-order valence-electron chi connectivity index (χ0n) is 8.97. The highest BCUT2D eigenvalue weighted by molar-refractivity contribution is 5.50. The van der Waals surface area contributed by atoms with E-state index in [0.717, 1.165) is 12.8 Å². The van der Waals surface area contributed by atoms with Gasteiger partial charge in [0.2, 0.25) is 6.41 Å². The number of halogens is 3. The van der Waals surface area contributed by atoms with Crippen LogP contribution in [-0.4, -0.2) is 24.0 Å². The molecule has 0 spiro atoms. The van der Waals surface area contributed by atoms with Crippen LogP contribution in [-0.2, 0) is 4.79 Å². The van der Waals surface area contributed by atoms with Crippen molar-refractivity contribution in [3.8, 4) is 0 Å². The monoisotopic (exact) mass is 223 g/mol. The fraction of sp³-hybridized carbons (Fsp3) is 0.700. The molecule has 0 atom stereocenters. The summed E-state index contributed by atoms with van der Waals surface area (Å²) >= 11 is 0. The lowest BCUT2D eigenvalue weighted by Crippen LogP contribution is -2.31. The number of amides is 1. The molecule has 2 nitrogen and oxygen atoms in total. The molecule has 0 aromatic carbocycles. The number of hydrogen-bond donors (Lipinski definition) is 0. The molecule has 0 aromatic rings. The molecule has 0 bridgehead atoms. The Balaban J connectivity index is 4.27. The molecule has 0 radical (unpaired) electrons. The van der Waals surface area contributed by atoms with Gasteiger partial charge >= 0.3 is 6.18 Å². The molecule has 15 heavy (non-hydrogen) atoms. The maximum Gasteiger partial charge on any atom is 0.406 e. The van der Waals surface area contributed by atoms with Gasteiger partial charge in [-0.05, 0) is 13.3 Å². The van der Waals surface area contributed by atoms with E-state index in [9.17, 15) is 18.0 Å². The van der Waals surface area contributed by atoms with Crippen LogP contribution in [0.5, 0.6) is 0 Å². The molecule has 0 aliphatic rings. The van der Waals surface area contributed by atoms with Crippen LogP contribution in [0.3, 0.4) is 0 Å². The average Bonchev–Trinajstić information content (AvgIpc) is 2.13. The molecule has 0 aliphatic carbocycles. The Labute approximate surface area is 87.8 Å². The summed E-state index contributed by atoms with van der Waals surface area (Å²) in [7, 11) is 0. The number of hydrogen-bond acceptors (Lipinski definition) is 1. The molecule has 0 saturated carbocycles. The van der Waals surface area contributed by atoms with Crippen molar-refractivity contribution in [2.45, 2.75) is 39.3 Å². The molecule has 0 saturated heterocycles. The number of alkyl halides is 3. The van der Waals surface area contributed by atoms with E-state index in [-0.39, 0.29) is 6.41 Å². The molecule has 5 heteroatoms. The average molecular weight is 223 g/mol. The SMILES string of the molecule is CCCC/C=C(/C)N(C=O)CC(F)(F)F. The van der Waals surface area contributed by atoms with Crippen LogP contribution in [0.2, 0.25) is 0 Å². The number of carbonyl (C=O) groups is 1. The van der Waals surface area contributed by atoms with Crippen molar-refractivity contribution in [1.82, 2.24) is 4.90 Å². The van der Waals surface area contributed by atoms with Crippen LogP contribution in [0.1, 0.15) is 33.1 Å². The number of carbonyl (C=O) groups excluding carboxylic acids is 1. The van der Waals surface area contributed by atoms with Gasteiger partial charge in [0, 0.05) is 5.70 Å². The summed E-state index contributed by atoms with van der Waals surface area (Å²) in [6, 6.07) is 0. The van der Waals surface area contributed by atoms with Crippen LogP contribution in [0.15, 0.2) is 11.8 Å². The quantitative estimate of drug-likeness (QED) is 0.500. The molecule has 0 aromatic heterocycles. The fourth-order valence-corrected chi connectivity index (χ4v) is 1.07. The minimum absolute atomic E-state index is 0.214. The summed E-state index contributed by atoms with van der Waals surface area (Å²) in [6.07, 6.45) is 0.112. The summed E-state index contributed by atoms with van der Waals surface area (Å²) in [5.74, 6) is 0. The zero-order chi connectivity index (χ0) is 11.9. The van der Waals surface area contributed by atoms with Gasteiger partial charge in [-0.25, -0.2) is 0 Å². The lowest BCUT2D eigenvalue weighted by molar-refractivity contribution is -0.150. The van der Waals surface area contributed by atoms with E-state index in [1.54, 1.807) is 6.08 Å². The molecule has 88 valence electrons. The Morgan fingerprint density at radius 3 is 2.40 bits per heavy atom. The van der Waals surface area contributed by atoms with E-state index in [4.69, 9.17) is 0 Å². The first kappa shape index (κ1) is 14.0. The largest absolute Gasteiger partial charge is 0.406 e. The second-order valence-corrected chi connectivity index (χ2v) is 3.34. The number of nitrogens with zero attached hydrogens (tertiary/aromatic N) is 1. The maximum atomic E-state index is 12.0. The van der Waals surface area contributed by atoms with Gasteiger partial charge in [0.05, 0.1) is 0 Å².